The molecule has 3 heterocycles. The molecule has 1 atom stereocenters. The standard InChI is InChI=1S/C23H18N4O5S/c1-12-20(29)26(2)17-9-13(7-8-18(17)32-12)16-11-33-23(24-16)25-19(28)10-27-21(30)14-5-3-4-6-15(14)22(27)31/h3-9,11-12H,10H2,1-2H3,(H,24,25,28). The Morgan fingerprint density at radius 1 is 1.12 bits per heavy atom. The Morgan fingerprint density at radius 3 is 2.52 bits per heavy atom. The number of nitrogens with one attached hydrogen (secondary N) is 1. The Labute approximate surface area is 192 Å². The fourth-order valence-electron chi connectivity index (χ4n) is 3.82. The van der Waals surface area contributed by atoms with Crippen molar-refractivity contribution >= 4 is 45.8 Å². The number of benzene rings is 2. The van der Waals surface area contributed by atoms with Crippen molar-refractivity contribution in [3.05, 3.63) is 59.0 Å². The second-order valence-electron chi connectivity index (χ2n) is 7.67. The molecule has 0 saturated heterocycles. The normalized spacial score (nSPS) is 17.0. The molecule has 1 unspecified atom stereocenters. The molecule has 166 valence electrons. The van der Waals surface area contributed by atoms with E-state index in [0.29, 0.717) is 33.4 Å². The molecular formula is C23H18N4O5S. The molecule has 0 bridgehead atoms. The van der Waals surface area contributed by atoms with Crippen LogP contribution in [-0.4, -0.2) is 53.2 Å². The van der Waals surface area contributed by atoms with Gasteiger partial charge in [-0.1, -0.05) is 12.1 Å². The minimum absolute atomic E-state index is 0.140. The highest BCUT2D eigenvalue weighted by atomic mass is 32.1. The van der Waals surface area contributed by atoms with Crippen LogP contribution in [0.4, 0.5) is 10.8 Å². The van der Waals surface area contributed by atoms with Crippen LogP contribution in [0.3, 0.4) is 0 Å². The highest BCUT2D eigenvalue weighted by molar-refractivity contribution is 7.14. The van der Waals surface area contributed by atoms with E-state index in [1.165, 1.54) is 11.3 Å². The molecule has 2 aliphatic heterocycles. The van der Waals surface area contributed by atoms with Crippen molar-refractivity contribution in [1.82, 2.24) is 9.88 Å². The number of nitrogens with zero attached hydrogens (tertiary/aromatic N) is 3. The number of hydrogen-bond acceptors (Lipinski definition) is 7. The number of amides is 4. The SMILES string of the molecule is CC1Oc2ccc(-c3csc(NC(=O)CN4C(=O)c5ccccc5C4=O)n3)cc2N(C)C1=O. The number of aromatic nitrogens is 1. The van der Waals surface area contributed by atoms with Gasteiger partial charge in [-0.25, -0.2) is 4.98 Å². The minimum Gasteiger partial charge on any atom is -0.479 e. The molecule has 33 heavy (non-hydrogen) atoms. The summed E-state index contributed by atoms with van der Waals surface area (Å²) >= 11 is 1.22. The van der Waals surface area contributed by atoms with Crippen LogP contribution in [0, 0.1) is 0 Å². The van der Waals surface area contributed by atoms with Crippen molar-refractivity contribution in [2.75, 3.05) is 23.8 Å². The molecule has 10 heteroatoms. The molecule has 0 saturated carbocycles. The van der Waals surface area contributed by atoms with Gasteiger partial charge in [0.15, 0.2) is 11.2 Å². The van der Waals surface area contributed by atoms with Gasteiger partial charge in [0.25, 0.3) is 17.7 Å². The number of fused-ring (bicyclic) bond motifs is 2. The molecule has 0 fully saturated rings. The number of ether oxygens (including phenoxy) is 1. The third-order valence-corrected chi connectivity index (χ3v) is 6.29. The fraction of sp³-hybridized carbons (Fsp3) is 0.174. The van der Waals surface area contributed by atoms with Gasteiger partial charge in [0, 0.05) is 18.0 Å². The van der Waals surface area contributed by atoms with Crippen LogP contribution < -0.4 is 15.0 Å². The number of anilines is 2. The average molecular weight is 462 g/mol. The number of carbonyl (C=O) groups is 4. The Bertz CT molecular complexity index is 1300. The maximum atomic E-state index is 12.5. The van der Waals surface area contributed by atoms with Crippen molar-refractivity contribution < 1.29 is 23.9 Å². The monoisotopic (exact) mass is 462 g/mol. The van der Waals surface area contributed by atoms with Gasteiger partial charge in [0.2, 0.25) is 5.91 Å². The Hall–Kier alpha value is -4.05. The molecule has 3 aromatic rings. The molecule has 0 aliphatic carbocycles. The summed E-state index contributed by atoms with van der Waals surface area (Å²) in [6.45, 7) is 1.30. The van der Waals surface area contributed by atoms with Gasteiger partial charge in [0.1, 0.15) is 12.3 Å². The summed E-state index contributed by atoms with van der Waals surface area (Å²) in [4.78, 5) is 56.5. The first-order valence-corrected chi connectivity index (χ1v) is 11.0. The van der Waals surface area contributed by atoms with E-state index in [9.17, 15) is 19.2 Å². The second-order valence-corrected chi connectivity index (χ2v) is 8.53. The fourth-order valence-corrected chi connectivity index (χ4v) is 4.56. The number of carbonyl (C=O) groups excluding carboxylic acids is 4. The highest BCUT2D eigenvalue weighted by Crippen LogP contribution is 2.37. The van der Waals surface area contributed by atoms with E-state index in [0.717, 1.165) is 10.5 Å². The van der Waals surface area contributed by atoms with Gasteiger partial charge < -0.3 is 15.0 Å². The van der Waals surface area contributed by atoms with E-state index in [4.69, 9.17) is 4.74 Å². The van der Waals surface area contributed by atoms with Crippen LogP contribution in [0.1, 0.15) is 27.6 Å². The summed E-state index contributed by atoms with van der Waals surface area (Å²) in [6.07, 6.45) is -0.545. The summed E-state index contributed by atoms with van der Waals surface area (Å²) in [5.74, 6) is -1.04. The molecule has 2 aromatic carbocycles. The maximum absolute atomic E-state index is 12.5. The van der Waals surface area contributed by atoms with Crippen molar-refractivity contribution in [2.45, 2.75) is 13.0 Å². The van der Waals surface area contributed by atoms with Gasteiger partial charge in [-0.05, 0) is 37.3 Å². The first-order chi connectivity index (χ1) is 15.8. The van der Waals surface area contributed by atoms with Gasteiger partial charge in [-0.3, -0.25) is 24.1 Å². The molecule has 2 aliphatic rings. The van der Waals surface area contributed by atoms with Crippen LogP contribution in [0.5, 0.6) is 5.75 Å². The molecular weight excluding hydrogens is 444 g/mol. The second kappa shape index (κ2) is 7.82. The lowest BCUT2D eigenvalue weighted by Gasteiger charge is -2.30. The number of thiazole rings is 1. The molecule has 0 spiro atoms. The quantitative estimate of drug-likeness (QED) is 0.598. The summed E-state index contributed by atoms with van der Waals surface area (Å²) < 4.78 is 5.64. The van der Waals surface area contributed by atoms with Crippen molar-refractivity contribution in [3.8, 4) is 17.0 Å². The maximum Gasteiger partial charge on any atom is 0.267 e. The Kier molecular flexibility index (Phi) is 4.94. The summed E-state index contributed by atoms with van der Waals surface area (Å²) in [6, 6.07) is 11.9. The molecule has 9 nitrogen and oxygen atoms in total. The van der Waals surface area contributed by atoms with Crippen molar-refractivity contribution in [1.29, 1.82) is 0 Å². The predicted molar refractivity (Wildman–Crippen MR) is 121 cm³/mol. The van der Waals surface area contributed by atoms with E-state index in [1.807, 2.05) is 6.07 Å². The molecule has 4 amide bonds. The van der Waals surface area contributed by atoms with E-state index in [1.54, 1.807) is 60.6 Å². The third kappa shape index (κ3) is 3.54. The number of hydrogen-bond donors (Lipinski definition) is 1. The molecule has 1 N–H and O–H groups in total. The van der Waals surface area contributed by atoms with E-state index >= 15 is 0 Å². The van der Waals surface area contributed by atoms with Gasteiger partial charge in [-0.15, -0.1) is 11.3 Å². The number of rotatable bonds is 4. The lowest BCUT2D eigenvalue weighted by molar-refractivity contribution is -0.125. The van der Waals surface area contributed by atoms with Crippen LogP contribution in [-0.2, 0) is 9.59 Å². The zero-order valence-corrected chi connectivity index (χ0v) is 18.5. The van der Waals surface area contributed by atoms with E-state index in [2.05, 4.69) is 10.3 Å². The van der Waals surface area contributed by atoms with Gasteiger partial charge in [-0.2, -0.15) is 0 Å². The van der Waals surface area contributed by atoms with Crippen LogP contribution in [0.2, 0.25) is 0 Å². The Morgan fingerprint density at radius 2 is 1.82 bits per heavy atom. The van der Waals surface area contributed by atoms with Crippen LogP contribution >= 0.6 is 11.3 Å². The lowest BCUT2D eigenvalue weighted by Crippen LogP contribution is -2.41. The zero-order chi connectivity index (χ0) is 23.3. The summed E-state index contributed by atoms with van der Waals surface area (Å²) in [5, 5.41) is 4.75. The van der Waals surface area contributed by atoms with E-state index in [-0.39, 0.29) is 5.91 Å². The van der Waals surface area contributed by atoms with Crippen LogP contribution in [0.25, 0.3) is 11.3 Å². The highest BCUT2D eigenvalue weighted by Gasteiger charge is 2.36. The molecule has 1 aromatic heterocycles. The average Bonchev–Trinajstić information content (AvgIpc) is 3.36. The summed E-state index contributed by atoms with van der Waals surface area (Å²) in [7, 11) is 1.69. The number of likely N-dealkylation sites (N-methyl/N-ethyl adjacent to an activating group) is 1. The minimum atomic E-state index is -0.545. The third-order valence-electron chi connectivity index (χ3n) is 5.53. The predicted octanol–water partition coefficient (Wildman–Crippen LogP) is 2.79. The Balaban J connectivity index is 1.29. The first-order valence-electron chi connectivity index (χ1n) is 10.1. The summed E-state index contributed by atoms with van der Waals surface area (Å²) in [5.41, 5.74) is 2.59. The topological polar surface area (TPSA) is 109 Å². The number of imide groups is 1. The smallest absolute Gasteiger partial charge is 0.267 e. The van der Waals surface area contributed by atoms with Gasteiger partial charge in [0.05, 0.1) is 22.5 Å². The largest absolute Gasteiger partial charge is 0.479 e. The van der Waals surface area contributed by atoms with Gasteiger partial charge >= 0.3 is 0 Å². The molecule has 5 rings (SSSR count). The van der Waals surface area contributed by atoms with Crippen molar-refractivity contribution in [2.24, 2.45) is 0 Å². The molecule has 0 radical (unpaired) electrons. The van der Waals surface area contributed by atoms with Crippen molar-refractivity contribution in [3.63, 3.8) is 0 Å². The lowest BCUT2D eigenvalue weighted by atomic mass is 10.1. The van der Waals surface area contributed by atoms with E-state index < -0.39 is 30.4 Å². The van der Waals surface area contributed by atoms with Crippen LogP contribution in [0.15, 0.2) is 47.8 Å². The first kappa shape index (κ1) is 20.8. The zero-order valence-electron chi connectivity index (χ0n) is 17.7.